The molecule has 32 heavy (non-hydrogen) atoms. The Kier molecular flexibility index (Phi) is 6.08. The van der Waals surface area contributed by atoms with Crippen LogP contribution in [0.3, 0.4) is 0 Å². The highest BCUT2D eigenvalue weighted by Crippen LogP contribution is 2.26. The van der Waals surface area contributed by atoms with Crippen LogP contribution in [0.4, 0.5) is 0 Å². The smallest absolute Gasteiger partial charge is 0.253 e. The molecular formula is C25H23ClN4OS. The molecule has 0 radical (unpaired) electrons. The van der Waals surface area contributed by atoms with Gasteiger partial charge in [0.05, 0.1) is 5.69 Å². The summed E-state index contributed by atoms with van der Waals surface area (Å²) in [5.74, 6) is 0.0994. The van der Waals surface area contributed by atoms with Crippen molar-refractivity contribution in [3.8, 4) is 16.3 Å². The average molecular weight is 463 g/mol. The molecule has 1 fully saturated rings. The minimum atomic E-state index is 0.0994. The Balaban J connectivity index is 1.16. The minimum Gasteiger partial charge on any atom is -0.336 e. The lowest BCUT2D eigenvalue weighted by Crippen LogP contribution is -2.48. The van der Waals surface area contributed by atoms with Gasteiger partial charge in [-0.25, -0.2) is 4.98 Å². The van der Waals surface area contributed by atoms with Gasteiger partial charge in [0.15, 0.2) is 0 Å². The van der Waals surface area contributed by atoms with Gasteiger partial charge < -0.3 is 9.47 Å². The van der Waals surface area contributed by atoms with E-state index in [0.29, 0.717) is 0 Å². The second-order valence-corrected chi connectivity index (χ2v) is 9.15. The molecule has 0 unspecified atom stereocenters. The molecule has 4 aromatic rings. The summed E-state index contributed by atoms with van der Waals surface area (Å²) in [6, 6.07) is 19.6. The van der Waals surface area contributed by atoms with E-state index in [2.05, 4.69) is 10.3 Å². The minimum absolute atomic E-state index is 0.0994. The van der Waals surface area contributed by atoms with Crippen LogP contribution in [0.1, 0.15) is 16.1 Å². The zero-order valence-electron chi connectivity index (χ0n) is 17.5. The van der Waals surface area contributed by atoms with Crippen molar-refractivity contribution in [1.82, 2.24) is 19.4 Å². The normalized spacial score (nSPS) is 14.6. The molecule has 0 saturated carbocycles. The summed E-state index contributed by atoms with van der Waals surface area (Å²) in [6.45, 7) is 3.96. The van der Waals surface area contributed by atoms with E-state index in [0.717, 1.165) is 65.3 Å². The van der Waals surface area contributed by atoms with Crippen molar-refractivity contribution in [2.45, 2.75) is 6.54 Å². The van der Waals surface area contributed by atoms with Gasteiger partial charge in [0, 0.05) is 72.3 Å². The lowest BCUT2D eigenvalue weighted by molar-refractivity contribution is 0.0627. The topological polar surface area (TPSA) is 41.4 Å². The molecule has 5 nitrogen and oxygen atoms in total. The van der Waals surface area contributed by atoms with E-state index in [1.165, 1.54) is 0 Å². The first-order valence-electron chi connectivity index (χ1n) is 10.6. The third-order valence-corrected chi connectivity index (χ3v) is 6.90. The molecule has 0 spiro atoms. The van der Waals surface area contributed by atoms with Gasteiger partial charge in [-0.05, 0) is 48.5 Å². The van der Waals surface area contributed by atoms with Gasteiger partial charge in [-0.3, -0.25) is 9.69 Å². The quantitative estimate of drug-likeness (QED) is 0.408. The first-order valence-corrected chi connectivity index (χ1v) is 11.9. The van der Waals surface area contributed by atoms with Crippen LogP contribution in [0.2, 0.25) is 5.02 Å². The van der Waals surface area contributed by atoms with Crippen LogP contribution in [0.25, 0.3) is 16.3 Å². The summed E-state index contributed by atoms with van der Waals surface area (Å²) in [4.78, 5) is 22.0. The zero-order valence-corrected chi connectivity index (χ0v) is 19.1. The first-order chi connectivity index (χ1) is 15.7. The van der Waals surface area contributed by atoms with E-state index in [1.807, 2.05) is 82.5 Å². The molecule has 2 aromatic carbocycles. The number of carbonyl (C=O) groups is 1. The van der Waals surface area contributed by atoms with Gasteiger partial charge in [-0.15, -0.1) is 11.3 Å². The summed E-state index contributed by atoms with van der Waals surface area (Å²) in [5, 5.41) is 3.86. The van der Waals surface area contributed by atoms with Crippen molar-refractivity contribution in [2.75, 3.05) is 26.2 Å². The zero-order chi connectivity index (χ0) is 21.9. The molecule has 1 amide bonds. The molecule has 0 aliphatic carbocycles. The monoisotopic (exact) mass is 462 g/mol. The molecule has 1 aliphatic rings. The Bertz CT molecular complexity index is 1180. The number of halogens is 1. The van der Waals surface area contributed by atoms with E-state index < -0.39 is 0 Å². The fourth-order valence-electron chi connectivity index (χ4n) is 3.91. The molecule has 3 heterocycles. The van der Waals surface area contributed by atoms with Crippen LogP contribution >= 0.6 is 22.9 Å². The summed E-state index contributed by atoms with van der Waals surface area (Å²) in [5.41, 5.74) is 3.95. The van der Waals surface area contributed by atoms with Crippen molar-refractivity contribution >= 4 is 28.8 Å². The molecular weight excluding hydrogens is 440 g/mol. The standard InChI is InChI=1S/C25H23ClN4OS/c26-21-7-3-19(4-8-21)24-27-22(18-32-24)17-28-13-15-30(16-14-28)25(31)20-5-9-23(10-6-20)29-11-1-2-12-29/h1-12,18H,13-17H2. The Morgan fingerprint density at radius 1 is 0.938 bits per heavy atom. The highest BCUT2D eigenvalue weighted by atomic mass is 35.5. The summed E-state index contributed by atoms with van der Waals surface area (Å²) < 4.78 is 2.03. The number of carbonyl (C=O) groups excluding carboxylic acids is 1. The summed E-state index contributed by atoms with van der Waals surface area (Å²) in [7, 11) is 0. The Labute approximate surface area is 196 Å². The molecule has 2 aromatic heterocycles. The molecule has 0 bridgehead atoms. The number of rotatable bonds is 5. The van der Waals surface area contributed by atoms with Crippen LogP contribution < -0.4 is 0 Å². The highest BCUT2D eigenvalue weighted by molar-refractivity contribution is 7.13. The molecule has 0 atom stereocenters. The van der Waals surface area contributed by atoms with Crippen LogP contribution in [0, 0.1) is 0 Å². The molecule has 162 valence electrons. The maximum Gasteiger partial charge on any atom is 0.253 e. The number of amides is 1. The fraction of sp³-hybridized carbons (Fsp3) is 0.200. The van der Waals surface area contributed by atoms with Crippen molar-refractivity contribution in [2.24, 2.45) is 0 Å². The van der Waals surface area contributed by atoms with Gasteiger partial charge in [-0.1, -0.05) is 23.7 Å². The first kappa shape index (κ1) is 20.9. The van der Waals surface area contributed by atoms with E-state index in [1.54, 1.807) is 11.3 Å². The molecule has 5 rings (SSSR count). The fourth-order valence-corrected chi connectivity index (χ4v) is 4.85. The Hall–Kier alpha value is -2.93. The van der Waals surface area contributed by atoms with E-state index in [4.69, 9.17) is 16.6 Å². The SMILES string of the molecule is O=C(c1ccc(-n2cccc2)cc1)N1CCN(Cc2csc(-c3ccc(Cl)cc3)n2)CC1. The average Bonchev–Trinajstić information content (AvgIpc) is 3.53. The number of piperazine rings is 1. The number of hydrogen-bond donors (Lipinski definition) is 0. The second-order valence-electron chi connectivity index (χ2n) is 7.86. The number of nitrogens with zero attached hydrogens (tertiary/aromatic N) is 4. The molecule has 1 aliphatic heterocycles. The molecule has 1 saturated heterocycles. The lowest BCUT2D eigenvalue weighted by Gasteiger charge is -2.34. The number of hydrogen-bond acceptors (Lipinski definition) is 4. The van der Waals surface area contributed by atoms with Gasteiger partial charge >= 0.3 is 0 Å². The maximum atomic E-state index is 12.9. The third kappa shape index (κ3) is 4.63. The van der Waals surface area contributed by atoms with Gasteiger partial charge in [0.2, 0.25) is 0 Å². The highest BCUT2D eigenvalue weighted by Gasteiger charge is 2.22. The van der Waals surface area contributed by atoms with Crippen LogP contribution in [0.5, 0.6) is 0 Å². The third-order valence-electron chi connectivity index (χ3n) is 5.70. The number of aromatic nitrogens is 2. The Morgan fingerprint density at radius 3 is 2.31 bits per heavy atom. The van der Waals surface area contributed by atoms with Crippen molar-refractivity contribution in [3.63, 3.8) is 0 Å². The second kappa shape index (κ2) is 9.28. The number of benzene rings is 2. The molecule has 7 heteroatoms. The molecule has 0 N–H and O–H groups in total. The van der Waals surface area contributed by atoms with Crippen LogP contribution in [0.15, 0.2) is 78.4 Å². The predicted octanol–water partition coefficient (Wildman–Crippen LogP) is 5.21. The Morgan fingerprint density at radius 2 is 1.62 bits per heavy atom. The van der Waals surface area contributed by atoms with E-state index >= 15 is 0 Å². The predicted molar refractivity (Wildman–Crippen MR) is 130 cm³/mol. The van der Waals surface area contributed by atoms with Crippen molar-refractivity contribution in [3.05, 3.63) is 94.7 Å². The lowest BCUT2D eigenvalue weighted by atomic mass is 10.1. The van der Waals surface area contributed by atoms with Gasteiger partial charge in [0.1, 0.15) is 5.01 Å². The number of thiazole rings is 1. The van der Waals surface area contributed by atoms with Crippen molar-refractivity contribution in [1.29, 1.82) is 0 Å². The van der Waals surface area contributed by atoms with Crippen LogP contribution in [-0.2, 0) is 6.54 Å². The van der Waals surface area contributed by atoms with E-state index in [9.17, 15) is 4.79 Å². The summed E-state index contributed by atoms with van der Waals surface area (Å²) >= 11 is 7.63. The summed E-state index contributed by atoms with van der Waals surface area (Å²) in [6.07, 6.45) is 3.99. The van der Waals surface area contributed by atoms with E-state index in [-0.39, 0.29) is 5.91 Å². The van der Waals surface area contributed by atoms with Gasteiger partial charge in [0.25, 0.3) is 5.91 Å². The largest absolute Gasteiger partial charge is 0.336 e. The van der Waals surface area contributed by atoms with Crippen LogP contribution in [-0.4, -0.2) is 51.4 Å². The maximum absolute atomic E-state index is 12.9. The van der Waals surface area contributed by atoms with Gasteiger partial charge in [-0.2, -0.15) is 0 Å². The van der Waals surface area contributed by atoms with Crippen molar-refractivity contribution < 1.29 is 4.79 Å².